The first-order valence-electron chi connectivity index (χ1n) is 9.11. The van der Waals surface area contributed by atoms with E-state index in [0.29, 0.717) is 10.9 Å². The molecule has 2 aromatic carbocycles. The molecule has 0 aliphatic rings. The highest BCUT2D eigenvalue weighted by Crippen LogP contribution is 2.51. The highest BCUT2D eigenvalue weighted by atomic mass is 79.9. The Balaban J connectivity index is 0.000000343. The molecule has 11 heteroatoms. The Bertz CT molecular complexity index is 826. The van der Waals surface area contributed by atoms with Gasteiger partial charge in [0.15, 0.2) is 0 Å². The van der Waals surface area contributed by atoms with E-state index in [1.165, 1.54) is 24.3 Å². The maximum absolute atomic E-state index is 12.4. The van der Waals surface area contributed by atoms with E-state index in [1.807, 2.05) is 0 Å². The van der Waals surface area contributed by atoms with Gasteiger partial charge in [-0.1, -0.05) is 40.2 Å². The Morgan fingerprint density at radius 2 is 1.10 bits per heavy atom. The van der Waals surface area contributed by atoms with E-state index in [9.17, 15) is 30.9 Å². The van der Waals surface area contributed by atoms with E-state index >= 15 is 0 Å². The Hall–Kier alpha value is -1.35. The summed E-state index contributed by atoms with van der Waals surface area (Å²) in [5.41, 5.74) is -0.0210. The fraction of sp³-hybridized carbons (Fsp3) is 0.400. The molecule has 0 unspecified atom stereocenters. The molecule has 0 heterocycles. The van der Waals surface area contributed by atoms with Gasteiger partial charge in [0, 0.05) is 5.33 Å². The fourth-order valence-electron chi connectivity index (χ4n) is 2.33. The lowest BCUT2D eigenvalue weighted by molar-refractivity contribution is -0.138. The summed E-state index contributed by atoms with van der Waals surface area (Å²) in [4.78, 5) is 0. The van der Waals surface area contributed by atoms with Crippen LogP contribution in [0.25, 0.3) is 0 Å². The molecule has 0 saturated carbocycles. The molecule has 0 bridgehead atoms. The van der Waals surface area contributed by atoms with E-state index in [4.69, 9.17) is 9.05 Å². The van der Waals surface area contributed by atoms with E-state index < -0.39 is 31.1 Å². The van der Waals surface area contributed by atoms with Gasteiger partial charge >= 0.3 is 19.9 Å². The van der Waals surface area contributed by atoms with Gasteiger partial charge in [-0.25, -0.2) is 0 Å². The predicted molar refractivity (Wildman–Crippen MR) is 110 cm³/mol. The molecule has 31 heavy (non-hydrogen) atoms. The van der Waals surface area contributed by atoms with Crippen LogP contribution in [0, 0.1) is 0 Å². The Morgan fingerprint density at radius 3 is 1.39 bits per heavy atom. The van der Waals surface area contributed by atoms with Gasteiger partial charge in [0.2, 0.25) is 0 Å². The van der Waals surface area contributed by atoms with Gasteiger partial charge in [0.25, 0.3) is 0 Å². The first-order valence-corrected chi connectivity index (χ1v) is 12.0. The van der Waals surface area contributed by atoms with Crippen molar-refractivity contribution in [3.8, 4) is 0 Å². The third-order valence-corrected chi connectivity index (χ3v) is 6.45. The zero-order chi connectivity index (χ0) is 23.7. The van der Waals surface area contributed by atoms with Crippen molar-refractivity contribution in [1.82, 2.24) is 0 Å². The molecule has 0 amide bonds. The van der Waals surface area contributed by atoms with Gasteiger partial charge in [-0.3, -0.25) is 4.57 Å². The molecule has 0 radical (unpaired) electrons. The SMILES string of the molecule is CCOP(=O)(Cc1ccc(C(F)(F)F)cc1)OCC.FC(F)(F)c1ccc(CBr)cc1. The number of alkyl halides is 7. The van der Waals surface area contributed by atoms with Crippen LogP contribution in [0.2, 0.25) is 0 Å². The summed E-state index contributed by atoms with van der Waals surface area (Å²) in [6, 6.07) is 9.55. The minimum atomic E-state index is -4.37. The molecule has 3 nitrogen and oxygen atoms in total. The Kier molecular flexibility index (Phi) is 10.8. The highest BCUT2D eigenvalue weighted by Gasteiger charge is 2.31. The van der Waals surface area contributed by atoms with E-state index in [1.54, 1.807) is 13.8 Å². The molecule has 0 spiro atoms. The summed E-state index contributed by atoms with van der Waals surface area (Å²) < 4.78 is 95.6. The summed E-state index contributed by atoms with van der Waals surface area (Å²) >= 11 is 3.15. The van der Waals surface area contributed by atoms with Crippen LogP contribution in [0.15, 0.2) is 48.5 Å². The van der Waals surface area contributed by atoms with Crippen LogP contribution in [-0.4, -0.2) is 13.2 Å². The van der Waals surface area contributed by atoms with Gasteiger partial charge < -0.3 is 9.05 Å². The summed E-state index contributed by atoms with van der Waals surface area (Å²) in [6.07, 6.45) is -8.64. The van der Waals surface area contributed by atoms with Gasteiger partial charge in [0.1, 0.15) is 0 Å². The molecule has 2 aromatic rings. The third kappa shape index (κ3) is 9.76. The molecule has 0 aromatic heterocycles. The van der Waals surface area contributed by atoms with Crippen LogP contribution in [0.3, 0.4) is 0 Å². The van der Waals surface area contributed by atoms with Crippen LogP contribution >= 0.6 is 23.5 Å². The molecule has 0 aliphatic carbocycles. The summed E-state index contributed by atoms with van der Waals surface area (Å²) in [7, 11) is -3.28. The minimum absolute atomic E-state index is 0.0349. The number of hydrogen-bond acceptors (Lipinski definition) is 3. The second-order valence-corrected chi connectivity index (χ2v) is 8.74. The van der Waals surface area contributed by atoms with Gasteiger partial charge in [-0.15, -0.1) is 0 Å². The van der Waals surface area contributed by atoms with Crippen molar-refractivity contribution in [2.24, 2.45) is 0 Å². The third-order valence-electron chi connectivity index (χ3n) is 3.74. The van der Waals surface area contributed by atoms with Crippen LogP contribution in [-0.2, 0) is 37.5 Å². The normalized spacial score (nSPS) is 12.3. The quantitative estimate of drug-likeness (QED) is 0.204. The van der Waals surface area contributed by atoms with Crippen LogP contribution in [0.1, 0.15) is 36.1 Å². The van der Waals surface area contributed by atoms with Crippen molar-refractivity contribution in [3.05, 3.63) is 70.8 Å². The topological polar surface area (TPSA) is 35.5 Å². The zero-order valence-electron chi connectivity index (χ0n) is 16.8. The number of hydrogen-bond donors (Lipinski definition) is 0. The maximum atomic E-state index is 12.4. The van der Waals surface area contributed by atoms with E-state index in [2.05, 4.69) is 15.9 Å². The fourth-order valence-corrected chi connectivity index (χ4v) is 4.40. The monoisotopic (exact) mass is 534 g/mol. The van der Waals surface area contributed by atoms with Crippen molar-refractivity contribution >= 4 is 23.5 Å². The number of benzene rings is 2. The molecule has 0 fully saturated rings. The standard InChI is InChI=1S/C12H16F3O3P.C8H6BrF3/c1-3-17-19(16,18-4-2)9-10-5-7-11(8-6-10)12(13,14)15;9-5-6-1-3-7(4-2-6)8(10,11)12/h5-8H,3-4,9H2,1-2H3;1-4H,5H2. The van der Waals surface area contributed by atoms with Crippen molar-refractivity contribution in [2.75, 3.05) is 13.2 Å². The summed E-state index contributed by atoms with van der Waals surface area (Å²) in [5, 5.41) is 0.575. The van der Waals surface area contributed by atoms with Crippen molar-refractivity contribution < 1.29 is 40.0 Å². The highest BCUT2D eigenvalue weighted by molar-refractivity contribution is 9.08. The lowest BCUT2D eigenvalue weighted by Crippen LogP contribution is -2.05. The van der Waals surface area contributed by atoms with Crippen LogP contribution in [0.5, 0.6) is 0 Å². The zero-order valence-corrected chi connectivity index (χ0v) is 19.2. The molecule has 0 N–H and O–H groups in total. The average Bonchev–Trinajstić information content (AvgIpc) is 2.68. The van der Waals surface area contributed by atoms with Gasteiger partial charge in [-0.05, 0) is 49.2 Å². The van der Waals surface area contributed by atoms with E-state index in [-0.39, 0.29) is 19.4 Å². The van der Waals surface area contributed by atoms with Crippen molar-refractivity contribution in [3.63, 3.8) is 0 Å². The smallest absolute Gasteiger partial charge is 0.309 e. The second kappa shape index (κ2) is 12.0. The number of rotatable bonds is 7. The molecule has 0 saturated heterocycles. The van der Waals surface area contributed by atoms with Gasteiger partial charge in [0.05, 0.1) is 30.5 Å². The Labute approximate surface area is 185 Å². The summed E-state index contributed by atoms with van der Waals surface area (Å²) in [5.74, 6) is 0. The maximum Gasteiger partial charge on any atom is 0.416 e. The number of halogens is 7. The molecule has 0 atom stereocenters. The first kappa shape index (κ1) is 27.7. The van der Waals surface area contributed by atoms with Crippen LogP contribution in [0.4, 0.5) is 26.3 Å². The Morgan fingerprint density at radius 1 is 0.742 bits per heavy atom. The second-order valence-electron chi connectivity index (χ2n) is 6.13. The largest absolute Gasteiger partial charge is 0.416 e. The molecule has 0 aliphatic heterocycles. The lowest BCUT2D eigenvalue weighted by atomic mass is 10.1. The van der Waals surface area contributed by atoms with Gasteiger partial charge in [-0.2, -0.15) is 26.3 Å². The minimum Gasteiger partial charge on any atom is -0.309 e. The molecular formula is C20H22BrF6O3P. The average molecular weight is 535 g/mol. The summed E-state index contributed by atoms with van der Waals surface area (Å²) in [6.45, 7) is 3.80. The van der Waals surface area contributed by atoms with Crippen LogP contribution < -0.4 is 0 Å². The van der Waals surface area contributed by atoms with Crippen molar-refractivity contribution in [1.29, 1.82) is 0 Å². The molecule has 2 rings (SSSR count). The molecular weight excluding hydrogens is 513 g/mol. The van der Waals surface area contributed by atoms with E-state index in [0.717, 1.165) is 29.8 Å². The lowest BCUT2D eigenvalue weighted by Gasteiger charge is -2.17. The predicted octanol–water partition coefficient (Wildman–Crippen LogP) is 8.07. The molecule has 174 valence electrons. The first-order chi connectivity index (χ1) is 14.3. The van der Waals surface area contributed by atoms with Crippen molar-refractivity contribution in [2.45, 2.75) is 37.7 Å².